The number of nitrogens with zero attached hydrogens (tertiary/aromatic N) is 1. The van der Waals surface area contributed by atoms with Gasteiger partial charge in [-0.3, -0.25) is 9.59 Å². The number of rotatable bonds is 6. The zero-order valence-corrected chi connectivity index (χ0v) is 14.1. The second-order valence-electron chi connectivity index (χ2n) is 5.58. The van der Waals surface area contributed by atoms with Gasteiger partial charge in [0.2, 0.25) is 11.8 Å². The number of carbonyl (C=O) groups excluding carboxylic acids is 2. The molecule has 0 atom stereocenters. The summed E-state index contributed by atoms with van der Waals surface area (Å²) in [6, 6.07) is 15.4. The lowest BCUT2D eigenvalue weighted by Crippen LogP contribution is -2.15. The number of hydrogen-bond donors (Lipinski definition) is 2. The number of amides is 2. The zero-order valence-electron chi connectivity index (χ0n) is 14.1. The summed E-state index contributed by atoms with van der Waals surface area (Å²) in [5, 5.41) is 6.66. The number of carbonyl (C=O) groups is 2. The molecule has 0 aliphatic heterocycles. The van der Waals surface area contributed by atoms with E-state index in [-0.39, 0.29) is 12.3 Å². The van der Waals surface area contributed by atoms with Crippen LogP contribution in [0.15, 0.2) is 59.1 Å². The number of nitrogens with two attached hydrogens (primary N) is 1. The Kier molecular flexibility index (Phi) is 4.98. The Hall–Kier alpha value is -3.61. The van der Waals surface area contributed by atoms with Crippen LogP contribution in [0.4, 0.5) is 5.69 Å². The van der Waals surface area contributed by atoms with Crippen LogP contribution in [-0.2, 0) is 11.2 Å². The van der Waals surface area contributed by atoms with E-state index < -0.39 is 5.91 Å². The standard InChI is InChI=1S/C19H17N3O4/c1-25-16-4-2-3-13(9-16)17-10-15(22-26-17)11-18(23)21-14-7-5-12(6-8-14)19(20)24/h2-10H,11H2,1H3,(H2,20,24)(H,21,23). The highest BCUT2D eigenvalue weighted by atomic mass is 16.5. The third-order valence-electron chi connectivity index (χ3n) is 3.71. The molecular formula is C19H17N3O4. The second-order valence-corrected chi connectivity index (χ2v) is 5.58. The van der Waals surface area contributed by atoms with E-state index in [0.717, 1.165) is 5.56 Å². The minimum absolute atomic E-state index is 0.0606. The largest absolute Gasteiger partial charge is 0.497 e. The Morgan fingerprint density at radius 1 is 1.15 bits per heavy atom. The molecule has 0 aliphatic carbocycles. The molecule has 0 unspecified atom stereocenters. The predicted octanol–water partition coefficient (Wildman–Crippen LogP) is 2.63. The van der Waals surface area contributed by atoms with E-state index in [2.05, 4.69) is 10.5 Å². The van der Waals surface area contributed by atoms with E-state index in [0.29, 0.717) is 28.5 Å². The summed E-state index contributed by atoms with van der Waals surface area (Å²) in [7, 11) is 1.59. The highest BCUT2D eigenvalue weighted by Gasteiger charge is 2.12. The molecule has 0 fully saturated rings. The lowest BCUT2D eigenvalue weighted by atomic mass is 10.1. The SMILES string of the molecule is COc1cccc(-c2cc(CC(=O)Nc3ccc(C(N)=O)cc3)no2)c1. The molecule has 3 rings (SSSR count). The highest BCUT2D eigenvalue weighted by Crippen LogP contribution is 2.24. The Morgan fingerprint density at radius 3 is 2.62 bits per heavy atom. The van der Waals surface area contributed by atoms with Crippen LogP contribution in [0.5, 0.6) is 5.75 Å². The molecule has 1 aromatic heterocycles. The lowest BCUT2D eigenvalue weighted by molar-refractivity contribution is -0.115. The van der Waals surface area contributed by atoms with Gasteiger partial charge in [-0.05, 0) is 36.4 Å². The molecule has 3 N–H and O–H groups in total. The summed E-state index contributed by atoms with van der Waals surface area (Å²) >= 11 is 0. The quantitative estimate of drug-likeness (QED) is 0.710. The van der Waals surface area contributed by atoms with E-state index in [1.165, 1.54) is 0 Å². The van der Waals surface area contributed by atoms with Crippen molar-refractivity contribution in [3.8, 4) is 17.1 Å². The van der Waals surface area contributed by atoms with Gasteiger partial charge in [0, 0.05) is 22.9 Å². The van der Waals surface area contributed by atoms with Crippen LogP contribution in [0.3, 0.4) is 0 Å². The van der Waals surface area contributed by atoms with Crippen molar-refractivity contribution >= 4 is 17.5 Å². The van der Waals surface area contributed by atoms with Crippen molar-refractivity contribution in [3.05, 3.63) is 65.9 Å². The summed E-state index contributed by atoms with van der Waals surface area (Å²) in [5.41, 5.74) is 7.45. The minimum atomic E-state index is -0.518. The Bertz CT molecular complexity index is 932. The second kappa shape index (κ2) is 7.52. The van der Waals surface area contributed by atoms with Crippen molar-refractivity contribution in [1.82, 2.24) is 5.16 Å². The van der Waals surface area contributed by atoms with Gasteiger partial charge in [-0.2, -0.15) is 0 Å². The zero-order chi connectivity index (χ0) is 18.5. The molecule has 2 aromatic carbocycles. The third-order valence-corrected chi connectivity index (χ3v) is 3.71. The fraction of sp³-hybridized carbons (Fsp3) is 0.105. The third kappa shape index (κ3) is 4.07. The number of hydrogen-bond acceptors (Lipinski definition) is 5. The van der Waals surface area contributed by atoms with E-state index in [9.17, 15) is 9.59 Å². The lowest BCUT2D eigenvalue weighted by Gasteiger charge is -2.04. The molecule has 132 valence electrons. The molecule has 0 bridgehead atoms. The first kappa shape index (κ1) is 17.2. The van der Waals surface area contributed by atoms with Crippen LogP contribution in [-0.4, -0.2) is 24.1 Å². The molecule has 0 aliphatic rings. The van der Waals surface area contributed by atoms with Crippen LogP contribution in [0.2, 0.25) is 0 Å². The number of methoxy groups -OCH3 is 1. The average Bonchev–Trinajstić information content (AvgIpc) is 3.10. The maximum absolute atomic E-state index is 12.1. The smallest absolute Gasteiger partial charge is 0.248 e. The maximum atomic E-state index is 12.1. The summed E-state index contributed by atoms with van der Waals surface area (Å²) < 4.78 is 10.5. The maximum Gasteiger partial charge on any atom is 0.248 e. The Balaban J connectivity index is 1.64. The average molecular weight is 351 g/mol. The summed E-state index contributed by atoms with van der Waals surface area (Å²) in [6.07, 6.45) is 0.0606. The summed E-state index contributed by atoms with van der Waals surface area (Å²) in [5.74, 6) is 0.493. The van der Waals surface area contributed by atoms with Gasteiger partial charge in [0.05, 0.1) is 19.2 Å². The van der Waals surface area contributed by atoms with Crippen molar-refractivity contribution in [3.63, 3.8) is 0 Å². The van der Waals surface area contributed by atoms with Gasteiger partial charge in [-0.25, -0.2) is 0 Å². The molecular weight excluding hydrogens is 334 g/mol. The van der Waals surface area contributed by atoms with Crippen molar-refractivity contribution in [2.45, 2.75) is 6.42 Å². The van der Waals surface area contributed by atoms with Crippen molar-refractivity contribution in [2.75, 3.05) is 12.4 Å². The van der Waals surface area contributed by atoms with Crippen LogP contribution >= 0.6 is 0 Å². The van der Waals surface area contributed by atoms with Gasteiger partial charge in [0.1, 0.15) is 5.75 Å². The molecule has 0 spiro atoms. The molecule has 3 aromatic rings. The summed E-state index contributed by atoms with van der Waals surface area (Å²) in [4.78, 5) is 23.2. The first-order chi connectivity index (χ1) is 12.5. The highest BCUT2D eigenvalue weighted by molar-refractivity contribution is 5.95. The first-order valence-electron chi connectivity index (χ1n) is 7.85. The molecule has 0 saturated heterocycles. The van der Waals surface area contributed by atoms with Crippen molar-refractivity contribution < 1.29 is 18.8 Å². The topological polar surface area (TPSA) is 107 Å². The number of anilines is 1. The number of ether oxygens (including phenoxy) is 1. The van der Waals surface area contributed by atoms with E-state index in [4.69, 9.17) is 15.0 Å². The van der Waals surface area contributed by atoms with E-state index in [1.807, 2.05) is 24.3 Å². The van der Waals surface area contributed by atoms with Crippen LogP contribution in [0.25, 0.3) is 11.3 Å². The van der Waals surface area contributed by atoms with Gasteiger partial charge in [-0.1, -0.05) is 17.3 Å². The molecule has 26 heavy (non-hydrogen) atoms. The molecule has 0 radical (unpaired) electrons. The Morgan fingerprint density at radius 2 is 1.92 bits per heavy atom. The number of aromatic nitrogens is 1. The molecule has 0 saturated carbocycles. The molecule has 2 amide bonds. The van der Waals surface area contributed by atoms with Gasteiger partial charge in [0.25, 0.3) is 0 Å². The number of primary amides is 1. The van der Waals surface area contributed by atoms with Gasteiger partial charge >= 0.3 is 0 Å². The van der Waals surface area contributed by atoms with Crippen molar-refractivity contribution in [2.24, 2.45) is 5.73 Å². The Labute approximate surface area is 149 Å². The summed E-state index contributed by atoms with van der Waals surface area (Å²) in [6.45, 7) is 0. The van der Waals surface area contributed by atoms with Crippen LogP contribution < -0.4 is 15.8 Å². The van der Waals surface area contributed by atoms with Crippen molar-refractivity contribution in [1.29, 1.82) is 0 Å². The van der Waals surface area contributed by atoms with Gasteiger partial charge in [0.15, 0.2) is 5.76 Å². The number of benzene rings is 2. The van der Waals surface area contributed by atoms with Crippen LogP contribution in [0.1, 0.15) is 16.1 Å². The van der Waals surface area contributed by atoms with E-state index >= 15 is 0 Å². The fourth-order valence-corrected chi connectivity index (χ4v) is 2.40. The van der Waals surface area contributed by atoms with Crippen LogP contribution in [0, 0.1) is 0 Å². The van der Waals surface area contributed by atoms with Gasteiger partial charge < -0.3 is 20.3 Å². The van der Waals surface area contributed by atoms with E-state index in [1.54, 1.807) is 37.4 Å². The number of nitrogens with one attached hydrogen (secondary N) is 1. The fourth-order valence-electron chi connectivity index (χ4n) is 2.40. The molecule has 7 heteroatoms. The first-order valence-corrected chi connectivity index (χ1v) is 7.85. The molecule has 7 nitrogen and oxygen atoms in total. The monoisotopic (exact) mass is 351 g/mol. The minimum Gasteiger partial charge on any atom is -0.497 e. The van der Waals surface area contributed by atoms with Gasteiger partial charge in [-0.15, -0.1) is 0 Å². The normalized spacial score (nSPS) is 10.3. The molecule has 1 heterocycles. The predicted molar refractivity (Wildman–Crippen MR) is 95.8 cm³/mol.